The molecule has 0 aliphatic rings. The zero-order valence-electron chi connectivity index (χ0n) is 16.0. The smallest absolute Gasteiger partial charge is 0.462 e. The molecular weight excluding hydrogens is 324 g/mol. The zero-order chi connectivity index (χ0) is 18.3. The normalized spacial score (nSPS) is 11.5. The summed E-state index contributed by atoms with van der Waals surface area (Å²) in [5.74, 6) is -0.280. The Morgan fingerprint density at radius 2 is 1.21 bits per heavy atom. The van der Waals surface area contributed by atoms with Crippen LogP contribution < -0.4 is 0 Å². The number of unbranched alkanes of at least 4 members (excludes halogenated alkanes) is 8. The van der Waals surface area contributed by atoms with Crippen molar-refractivity contribution in [3.8, 4) is 0 Å². The SMILES string of the molecule is C=C(C)C(=O)OCCCCCCCCCCC[Si](OC)(OC)OC. The second kappa shape index (κ2) is 14.6. The van der Waals surface area contributed by atoms with Crippen molar-refractivity contribution in [2.75, 3.05) is 27.9 Å². The molecule has 0 saturated heterocycles. The van der Waals surface area contributed by atoms with Crippen LogP contribution in [0, 0.1) is 0 Å². The summed E-state index contributed by atoms with van der Waals surface area (Å²) < 4.78 is 21.3. The van der Waals surface area contributed by atoms with Gasteiger partial charge in [0.1, 0.15) is 0 Å². The van der Waals surface area contributed by atoms with Crippen molar-refractivity contribution in [2.24, 2.45) is 0 Å². The highest BCUT2D eigenvalue weighted by Crippen LogP contribution is 2.18. The van der Waals surface area contributed by atoms with Crippen LogP contribution in [0.3, 0.4) is 0 Å². The summed E-state index contributed by atoms with van der Waals surface area (Å²) in [7, 11) is 2.63. The lowest BCUT2D eigenvalue weighted by Crippen LogP contribution is -2.42. The van der Waals surface area contributed by atoms with Gasteiger partial charge in [0.15, 0.2) is 0 Å². The first kappa shape index (κ1) is 23.3. The number of carbonyl (C=O) groups excluding carboxylic acids is 1. The summed E-state index contributed by atoms with van der Waals surface area (Å²) in [6.45, 7) is 5.74. The summed E-state index contributed by atoms with van der Waals surface area (Å²) in [5, 5.41) is 0. The summed E-state index contributed by atoms with van der Waals surface area (Å²) in [5.41, 5.74) is 0.469. The molecule has 0 aromatic heterocycles. The minimum absolute atomic E-state index is 0.280. The van der Waals surface area contributed by atoms with E-state index in [-0.39, 0.29) is 5.97 Å². The van der Waals surface area contributed by atoms with Crippen LogP contribution in [-0.2, 0) is 22.8 Å². The largest absolute Gasteiger partial charge is 0.500 e. The fraction of sp³-hybridized carbons (Fsp3) is 0.833. The highest BCUT2D eigenvalue weighted by molar-refractivity contribution is 6.60. The first-order chi connectivity index (χ1) is 11.5. The standard InChI is InChI=1S/C18H36O5Si/c1-17(2)18(19)23-15-13-11-9-7-6-8-10-12-14-16-24(20-3,21-4)22-5/h1,6-16H2,2-5H3. The summed E-state index contributed by atoms with van der Waals surface area (Å²) in [6, 6.07) is 0.888. The molecular formula is C18H36O5Si. The third-order valence-electron chi connectivity index (χ3n) is 4.14. The Morgan fingerprint density at radius 1 is 0.792 bits per heavy atom. The molecule has 0 rings (SSSR count). The molecule has 24 heavy (non-hydrogen) atoms. The molecule has 0 spiro atoms. The maximum Gasteiger partial charge on any atom is 0.500 e. The molecule has 0 N–H and O–H groups in total. The molecule has 0 aromatic carbocycles. The minimum Gasteiger partial charge on any atom is -0.462 e. The Kier molecular flexibility index (Phi) is 14.2. The molecule has 0 fully saturated rings. The molecule has 0 bridgehead atoms. The highest BCUT2D eigenvalue weighted by Gasteiger charge is 2.36. The van der Waals surface area contributed by atoms with Crippen molar-refractivity contribution >= 4 is 14.8 Å². The molecule has 142 valence electrons. The van der Waals surface area contributed by atoms with Crippen molar-refractivity contribution in [2.45, 2.75) is 70.8 Å². The van der Waals surface area contributed by atoms with Crippen LogP contribution in [0.4, 0.5) is 0 Å². The van der Waals surface area contributed by atoms with Gasteiger partial charge in [0.05, 0.1) is 6.61 Å². The van der Waals surface area contributed by atoms with Crippen LogP contribution in [0.1, 0.15) is 64.7 Å². The predicted molar refractivity (Wildman–Crippen MR) is 98.9 cm³/mol. The Balaban J connectivity index is 3.37. The van der Waals surface area contributed by atoms with Crippen LogP contribution in [0.15, 0.2) is 12.2 Å². The van der Waals surface area contributed by atoms with E-state index in [1.165, 1.54) is 38.5 Å². The molecule has 0 aliphatic heterocycles. The monoisotopic (exact) mass is 360 g/mol. The first-order valence-corrected chi connectivity index (χ1v) is 10.9. The van der Waals surface area contributed by atoms with Gasteiger partial charge in [-0.2, -0.15) is 0 Å². The van der Waals surface area contributed by atoms with Gasteiger partial charge < -0.3 is 18.0 Å². The van der Waals surface area contributed by atoms with Gasteiger partial charge in [-0.05, 0) is 19.8 Å². The molecule has 6 heteroatoms. The average Bonchev–Trinajstić information content (AvgIpc) is 2.59. The van der Waals surface area contributed by atoms with E-state index in [9.17, 15) is 4.79 Å². The average molecular weight is 361 g/mol. The number of rotatable bonds is 16. The molecule has 0 radical (unpaired) electrons. The van der Waals surface area contributed by atoms with Gasteiger partial charge in [-0.3, -0.25) is 0 Å². The Bertz CT molecular complexity index is 334. The van der Waals surface area contributed by atoms with Gasteiger partial charge in [-0.15, -0.1) is 0 Å². The molecule has 0 saturated carbocycles. The summed E-state index contributed by atoms with van der Waals surface area (Å²) in [4.78, 5) is 11.2. The summed E-state index contributed by atoms with van der Waals surface area (Å²) in [6.07, 6.45) is 10.6. The lowest BCUT2D eigenvalue weighted by atomic mass is 10.1. The minimum atomic E-state index is -2.37. The maximum atomic E-state index is 11.2. The fourth-order valence-electron chi connectivity index (χ4n) is 2.53. The van der Waals surface area contributed by atoms with E-state index in [2.05, 4.69) is 6.58 Å². The van der Waals surface area contributed by atoms with Crippen LogP contribution in [-0.4, -0.2) is 42.7 Å². The Hall–Kier alpha value is -0.693. The summed E-state index contributed by atoms with van der Waals surface area (Å²) >= 11 is 0. The van der Waals surface area contributed by atoms with E-state index in [1.54, 1.807) is 28.3 Å². The van der Waals surface area contributed by atoms with Gasteiger partial charge >= 0.3 is 14.8 Å². The third-order valence-corrected chi connectivity index (χ3v) is 6.97. The number of ether oxygens (including phenoxy) is 1. The fourth-order valence-corrected chi connectivity index (χ4v) is 4.32. The van der Waals surface area contributed by atoms with E-state index >= 15 is 0 Å². The number of esters is 1. The Labute approximate surface area is 149 Å². The highest BCUT2D eigenvalue weighted by atomic mass is 28.4. The van der Waals surface area contributed by atoms with Crippen LogP contribution in [0.5, 0.6) is 0 Å². The van der Waals surface area contributed by atoms with Crippen LogP contribution >= 0.6 is 0 Å². The number of carbonyl (C=O) groups is 1. The van der Waals surface area contributed by atoms with E-state index in [1.807, 2.05) is 0 Å². The van der Waals surface area contributed by atoms with Gasteiger partial charge in [0.2, 0.25) is 0 Å². The van der Waals surface area contributed by atoms with Crippen LogP contribution in [0.25, 0.3) is 0 Å². The third kappa shape index (κ3) is 11.0. The predicted octanol–water partition coefficient (Wildman–Crippen LogP) is 4.49. The van der Waals surface area contributed by atoms with Gasteiger partial charge in [0.25, 0.3) is 0 Å². The van der Waals surface area contributed by atoms with Crippen LogP contribution in [0.2, 0.25) is 6.04 Å². The number of hydrogen-bond donors (Lipinski definition) is 0. The van der Waals surface area contributed by atoms with E-state index < -0.39 is 8.80 Å². The molecule has 0 aromatic rings. The molecule has 0 aliphatic carbocycles. The lowest BCUT2D eigenvalue weighted by Gasteiger charge is -2.24. The second-order valence-corrected chi connectivity index (χ2v) is 9.23. The van der Waals surface area contributed by atoms with E-state index in [0.29, 0.717) is 12.2 Å². The first-order valence-electron chi connectivity index (χ1n) is 8.99. The lowest BCUT2D eigenvalue weighted by molar-refractivity contribution is -0.139. The number of hydrogen-bond acceptors (Lipinski definition) is 5. The molecule has 0 heterocycles. The van der Waals surface area contributed by atoms with Gasteiger partial charge in [0, 0.05) is 32.9 Å². The molecule has 0 atom stereocenters. The Morgan fingerprint density at radius 3 is 1.62 bits per heavy atom. The zero-order valence-corrected chi connectivity index (χ0v) is 17.0. The van der Waals surface area contributed by atoms with E-state index in [4.69, 9.17) is 18.0 Å². The van der Waals surface area contributed by atoms with Crippen molar-refractivity contribution < 1.29 is 22.8 Å². The molecule has 0 amide bonds. The van der Waals surface area contributed by atoms with Crippen molar-refractivity contribution in [1.29, 1.82) is 0 Å². The van der Waals surface area contributed by atoms with Crippen molar-refractivity contribution in [1.82, 2.24) is 0 Å². The van der Waals surface area contributed by atoms with Gasteiger partial charge in [-0.1, -0.05) is 51.5 Å². The van der Waals surface area contributed by atoms with E-state index in [0.717, 1.165) is 25.3 Å². The maximum absolute atomic E-state index is 11.2. The topological polar surface area (TPSA) is 54.0 Å². The molecule has 0 unspecified atom stereocenters. The van der Waals surface area contributed by atoms with Crippen molar-refractivity contribution in [3.05, 3.63) is 12.2 Å². The second-order valence-electron chi connectivity index (χ2n) is 6.14. The van der Waals surface area contributed by atoms with Gasteiger partial charge in [-0.25, -0.2) is 4.79 Å². The quantitative estimate of drug-likeness (QED) is 0.176. The van der Waals surface area contributed by atoms with Crippen molar-refractivity contribution in [3.63, 3.8) is 0 Å². The molecule has 5 nitrogen and oxygen atoms in total.